The maximum absolute atomic E-state index is 5.66. The highest BCUT2D eigenvalue weighted by molar-refractivity contribution is 5.21. The molecule has 0 atom stereocenters. The van der Waals surface area contributed by atoms with E-state index < -0.39 is 0 Å². The number of rotatable bonds is 7. The van der Waals surface area contributed by atoms with Gasteiger partial charge in [-0.25, -0.2) is 0 Å². The van der Waals surface area contributed by atoms with Crippen molar-refractivity contribution >= 4 is 0 Å². The van der Waals surface area contributed by atoms with Crippen LogP contribution in [0.4, 0.5) is 0 Å². The van der Waals surface area contributed by atoms with E-state index in [9.17, 15) is 0 Å². The third-order valence-corrected chi connectivity index (χ3v) is 3.98. The Balaban J connectivity index is 1.55. The van der Waals surface area contributed by atoms with Gasteiger partial charge in [0.1, 0.15) is 5.76 Å². The molecular formula is C18H24N2O. The average molecular weight is 284 g/mol. The molecule has 0 bridgehead atoms. The fourth-order valence-corrected chi connectivity index (χ4v) is 2.51. The van der Waals surface area contributed by atoms with Crippen LogP contribution in [-0.4, -0.2) is 18.0 Å². The van der Waals surface area contributed by atoms with Crippen molar-refractivity contribution in [3.63, 3.8) is 0 Å². The summed E-state index contributed by atoms with van der Waals surface area (Å²) in [5.41, 5.74) is 3.94. The molecule has 1 saturated carbocycles. The third kappa shape index (κ3) is 4.19. The zero-order valence-corrected chi connectivity index (χ0v) is 12.9. The molecule has 3 rings (SSSR count). The Labute approximate surface area is 127 Å². The molecule has 1 N–H and O–H groups in total. The largest absolute Gasteiger partial charge is 0.468 e. The van der Waals surface area contributed by atoms with Crippen LogP contribution in [0.15, 0.2) is 41.0 Å². The number of aryl methyl sites for hydroxylation is 1. The first-order valence-corrected chi connectivity index (χ1v) is 7.73. The first-order valence-electron chi connectivity index (χ1n) is 7.73. The Morgan fingerprint density at radius 3 is 2.62 bits per heavy atom. The van der Waals surface area contributed by atoms with Crippen molar-refractivity contribution in [2.24, 2.45) is 0 Å². The quantitative estimate of drug-likeness (QED) is 0.844. The molecule has 0 radical (unpaired) electrons. The summed E-state index contributed by atoms with van der Waals surface area (Å²) in [6.07, 6.45) is 4.44. The minimum absolute atomic E-state index is 0.734. The molecular weight excluding hydrogens is 260 g/mol. The number of nitrogens with one attached hydrogen (secondary N) is 1. The summed E-state index contributed by atoms with van der Waals surface area (Å²) >= 11 is 0. The van der Waals surface area contributed by atoms with E-state index in [0.29, 0.717) is 0 Å². The van der Waals surface area contributed by atoms with E-state index in [1.807, 2.05) is 0 Å². The fraction of sp³-hybridized carbons (Fsp3) is 0.444. The van der Waals surface area contributed by atoms with Gasteiger partial charge in [-0.2, -0.15) is 0 Å². The zero-order chi connectivity index (χ0) is 14.7. The molecule has 0 saturated heterocycles. The highest BCUT2D eigenvalue weighted by Gasteiger charge is 2.21. The van der Waals surface area contributed by atoms with E-state index in [1.54, 1.807) is 6.26 Å². The lowest BCUT2D eigenvalue weighted by Gasteiger charge is -2.16. The van der Waals surface area contributed by atoms with Gasteiger partial charge in [-0.15, -0.1) is 0 Å². The highest BCUT2D eigenvalue weighted by Crippen LogP contribution is 2.21. The molecule has 3 heteroatoms. The maximum atomic E-state index is 5.66. The molecule has 0 spiro atoms. The van der Waals surface area contributed by atoms with Crippen molar-refractivity contribution in [1.29, 1.82) is 0 Å². The van der Waals surface area contributed by atoms with Gasteiger partial charge in [0, 0.05) is 24.7 Å². The second-order valence-electron chi connectivity index (χ2n) is 6.18. The molecule has 1 aliphatic carbocycles. The van der Waals surface area contributed by atoms with Gasteiger partial charge in [0.15, 0.2) is 0 Å². The average Bonchev–Trinajstić information content (AvgIpc) is 3.20. The second-order valence-corrected chi connectivity index (χ2v) is 6.18. The van der Waals surface area contributed by atoms with Gasteiger partial charge in [-0.3, -0.25) is 4.90 Å². The summed E-state index contributed by atoms with van der Waals surface area (Å²) in [6, 6.07) is 11.6. The van der Waals surface area contributed by atoms with Crippen molar-refractivity contribution in [1.82, 2.24) is 10.2 Å². The third-order valence-electron chi connectivity index (χ3n) is 3.98. The van der Waals surface area contributed by atoms with Crippen LogP contribution in [0.2, 0.25) is 0 Å². The summed E-state index contributed by atoms with van der Waals surface area (Å²) in [5, 5.41) is 3.55. The summed E-state index contributed by atoms with van der Waals surface area (Å²) < 4.78 is 5.66. The molecule has 1 aromatic carbocycles. The van der Waals surface area contributed by atoms with Gasteiger partial charge in [0.25, 0.3) is 0 Å². The maximum Gasteiger partial charge on any atom is 0.122 e. The summed E-state index contributed by atoms with van der Waals surface area (Å²) in [5.74, 6) is 1.08. The molecule has 112 valence electrons. The number of hydrogen-bond donors (Lipinski definition) is 1. The van der Waals surface area contributed by atoms with Crippen molar-refractivity contribution in [3.8, 4) is 0 Å². The molecule has 21 heavy (non-hydrogen) atoms. The van der Waals surface area contributed by atoms with Gasteiger partial charge in [-0.05, 0) is 38.4 Å². The van der Waals surface area contributed by atoms with Gasteiger partial charge in [0.2, 0.25) is 0 Å². The molecule has 1 aliphatic rings. The fourth-order valence-electron chi connectivity index (χ4n) is 2.51. The summed E-state index contributed by atoms with van der Waals surface area (Å²) in [4.78, 5) is 2.30. The summed E-state index contributed by atoms with van der Waals surface area (Å²) in [6.45, 7) is 4.84. The SMILES string of the molecule is Cc1ccc(CN(C)Cc2occc2CNC2CC2)cc1. The lowest BCUT2D eigenvalue weighted by molar-refractivity contribution is 0.286. The first kappa shape index (κ1) is 14.4. The molecule has 2 aromatic rings. The Morgan fingerprint density at radius 1 is 1.14 bits per heavy atom. The number of hydrogen-bond acceptors (Lipinski definition) is 3. The van der Waals surface area contributed by atoms with E-state index >= 15 is 0 Å². The van der Waals surface area contributed by atoms with Crippen LogP contribution in [0.3, 0.4) is 0 Å². The minimum atomic E-state index is 0.734. The lowest BCUT2D eigenvalue weighted by Crippen LogP contribution is -2.20. The van der Waals surface area contributed by atoms with Crippen LogP contribution >= 0.6 is 0 Å². The standard InChI is InChI=1S/C18H24N2O/c1-14-3-5-15(6-4-14)12-20(2)13-18-16(9-10-21-18)11-19-17-7-8-17/h3-6,9-10,17,19H,7-8,11-13H2,1-2H3. The van der Waals surface area contributed by atoms with E-state index in [0.717, 1.165) is 31.4 Å². The van der Waals surface area contributed by atoms with Crippen LogP contribution in [0.25, 0.3) is 0 Å². The lowest BCUT2D eigenvalue weighted by atomic mass is 10.1. The number of nitrogens with zero attached hydrogens (tertiary/aromatic N) is 1. The second kappa shape index (κ2) is 6.46. The molecule has 0 aliphatic heterocycles. The highest BCUT2D eigenvalue weighted by atomic mass is 16.3. The Hall–Kier alpha value is -1.58. The monoisotopic (exact) mass is 284 g/mol. The smallest absolute Gasteiger partial charge is 0.122 e. The Bertz CT molecular complexity index is 569. The van der Waals surface area contributed by atoms with E-state index in [1.165, 1.54) is 29.5 Å². The van der Waals surface area contributed by atoms with Crippen LogP contribution in [0.1, 0.15) is 35.3 Å². The predicted octanol–water partition coefficient (Wildman–Crippen LogP) is 3.47. The molecule has 0 unspecified atom stereocenters. The zero-order valence-electron chi connectivity index (χ0n) is 12.9. The minimum Gasteiger partial charge on any atom is -0.468 e. The van der Waals surface area contributed by atoms with Crippen LogP contribution in [-0.2, 0) is 19.6 Å². The molecule has 1 heterocycles. The topological polar surface area (TPSA) is 28.4 Å². The van der Waals surface area contributed by atoms with Crippen molar-refractivity contribution in [2.45, 2.75) is 45.4 Å². The van der Waals surface area contributed by atoms with Gasteiger partial charge < -0.3 is 9.73 Å². The number of furan rings is 1. The molecule has 3 nitrogen and oxygen atoms in total. The predicted molar refractivity (Wildman–Crippen MR) is 84.9 cm³/mol. The molecule has 1 fully saturated rings. The van der Waals surface area contributed by atoms with E-state index in [2.05, 4.69) is 54.5 Å². The van der Waals surface area contributed by atoms with Crippen LogP contribution < -0.4 is 5.32 Å². The normalized spacial score (nSPS) is 14.8. The van der Waals surface area contributed by atoms with Gasteiger partial charge in [0.05, 0.1) is 12.8 Å². The Morgan fingerprint density at radius 2 is 1.90 bits per heavy atom. The molecule has 0 amide bonds. The van der Waals surface area contributed by atoms with Gasteiger partial charge >= 0.3 is 0 Å². The van der Waals surface area contributed by atoms with E-state index in [4.69, 9.17) is 4.42 Å². The van der Waals surface area contributed by atoms with Crippen molar-refractivity contribution < 1.29 is 4.42 Å². The Kier molecular flexibility index (Phi) is 4.42. The van der Waals surface area contributed by atoms with Crippen LogP contribution in [0, 0.1) is 6.92 Å². The summed E-state index contributed by atoms with van der Waals surface area (Å²) in [7, 11) is 2.14. The van der Waals surface area contributed by atoms with Gasteiger partial charge in [-0.1, -0.05) is 29.8 Å². The number of benzene rings is 1. The van der Waals surface area contributed by atoms with Crippen molar-refractivity contribution in [2.75, 3.05) is 7.05 Å². The molecule has 1 aromatic heterocycles. The first-order chi connectivity index (χ1) is 10.2. The van der Waals surface area contributed by atoms with E-state index in [-0.39, 0.29) is 0 Å². The van der Waals surface area contributed by atoms with Crippen molar-refractivity contribution in [3.05, 3.63) is 59.0 Å². The van der Waals surface area contributed by atoms with Crippen LogP contribution in [0.5, 0.6) is 0 Å².